The van der Waals surface area contributed by atoms with Gasteiger partial charge in [-0.05, 0) is 25.3 Å². The number of anilines is 1. The van der Waals surface area contributed by atoms with Crippen molar-refractivity contribution in [2.75, 3.05) is 5.32 Å². The maximum Gasteiger partial charge on any atom is 0.254 e. The number of hydrogen-bond acceptors (Lipinski definition) is 4. The van der Waals surface area contributed by atoms with Gasteiger partial charge in [-0.15, -0.1) is 0 Å². The van der Waals surface area contributed by atoms with Crippen molar-refractivity contribution in [2.45, 2.75) is 32.4 Å². The van der Waals surface area contributed by atoms with Gasteiger partial charge in [0.2, 0.25) is 5.95 Å². The lowest BCUT2D eigenvalue weighted by molar-refractivity contribution is 0.0950. The van der Waals surface area contributed by atoms with Crippen LogP contribution in [0.15, 0.2) is 36.7 Å². The van der Waals surface area contributed by atoms with Gasteiger partial charge in [-0.2, -0.15) is 0 Å². The third kappa shape index (κ3) is 3.78. The van der Waals surface area contributed by atoms with Gasteiger partial charge in [0.25, 0.3) is 5.91 Å². The van der Waals surface area contributed by atoms with Gasteiger partial charge >= 0.3 is 0 Å². The van der Waals surface area contributed by atoms with Gasteiger partial charge in [-0.25, -0.2) is 9.97 Å². The number of carbonyl (C=O) groups excluding carboxylic acids is 1. The fourth-order valence-corrected chi connectivity index (χ4v) is 2.04. The molecule has 0 saturated heterocycles. The molecule has 108 valence electrons. The summed E-state index contributed by atoms with van der Waals surface area (Å²) >= 11 is 0. The van der Waals surface area contributed by atoms with E-state index < -0.39 is 0 Å². The maximum absolute atomic E-state index is 12.0. The van der Waals surface area contributed by atoms with Gasteiger partial charge in [0, 0.05) is 25.0 Å². The number of benzene rings is 1. The number of nitrogens with one attached hydrogen (secondary N) is 2. The monoisotopic (exact) mass is 282 g/mol. The molecule has 0 radical (unpaired) electrons. The average Bonchev–Trinajstić information content (AvgIpc) is 3.30. The predicted molar refractivity (Wildman–Crippen MR) is 81.0 cm³/mol. The number of amides is 1. The third-order valence-electron chi connectivity index (χ3n) is 3.36. The first-order valence-corrected chi connectivity index (χ1v) is 7.13. The summed E-state index contributed by atoms with van der Waals surface area (Å²) in [6.45, 7) is 2.54. The van der Waals surface area contributed by atoms with E-state index in [9.17, 15) is 4.79 Å². The molecule has 0 atom stereocenters. The summed E-state index contributed by atoms with van der Waals surface area (Å²) in [6, 6.07) is 8.57. The topological polar surface area (TPSA) is 66.9 Å². The molecule has 1 fully saturated rings. The summed E-state index contributed by atoms with van der Waals surface area (Å²) in [5, 5.41) is 6.07. The highest BCUT2D eigenvalue weighted by Gasteiger charge is 2.21. The minimum Gasteiger partial charge on any atom is -0.351 e. The number of rotatable bonds is 5. The molecule has 1 amide bonds. The van der Waals surface area contributed by atoms with E-state index in [2.05, 4.69) is 26.7 Å². The minimum atomic E-state index is -0.158. The molecule has 1 aliphatic rings. The second-order valence-corrected chi connectivity index (χ2v) is 5.39. The van der Waals surface area contributed by atoms with Crippen LogP contribution in [-0.2, 0) is 6.54 Å². The van der Waals surface area contributed by atoms with Crippen LogP contribution in [-0.4, -0.2) is 21.9 Å². The number of carbonyl (C=O) groups is 1. The zero-order chi connectivity index (χ0) is 14.7. The SMILES string of the molecule is Cc1cccc(CNC(=O)c2cnc(NC3CC3)nc2)c1. The van der Waals surface area contributed by atoms with Crippen LogP contribution in [0.4, 0.5) is 5.95 Å². The zero-order valence-electron chi connectivity index (χ0n) is 12.0. The molecule has 1 aliphatic carbocycles. The molecule has 0 unspecified atom stereocenters. The van der Waals surface area contributed by atoms with E-state index in [4.69, 9.17) is 0 Å². The fourth-order valence-electron chi connectivity index (χ4n) is 2.04. The van der Waals surface area contributed by atoms with Crippen molar-refractivity contribution in [1.82, 2.24) is 15.3 Å². The van der Waals surface area contributed by atoms with Crippen LogP contribution in [0.5, 0.6) is 0 Å². The lowest BCUT2D eigenvalue weighted by atomic mass is 10.1. The van der Waals surface area contributed by atoms with Gasteiger partial charge in [0.15, 0.2) is 0 Å². The van der Waals surface area contributed by atoms with Gasteiger partial charge in [-0.3, -0.25) is 4.79 Å². The predicted octanol–water partition coefficient (Wildman–Crippen LogP) is 2.29. The summed E-state index contributed by atoms with van der Waals surface area (Å²) in [7, 11) is 0. The van der Waals surface area contributed by atoms with Crippen LogP contribution in [0, 0.1) is 6.92 Å². The largest absolute Gasteiger partial charge is 0.351 e. The Bertz CT molecular complexity index is 635. The minimum absolute atomic E-state index is 0.158. The molecule has 1 heterocycles. The molecule has 2 N–H and O–H groups in total. The molecular formula is C16H18N4O. The highest BCUT2D eigenvalue weighted by Crippen LogP contribution is 2.22. The molecular weight excluding hydrogens is 264 g/mol. The fraction of sp³-hybridized carbons (Fsp3) is 0.312. The maximum atomic E-state index is 12.0. The van der Waals surface area contributed by atoms with Gasteiger partial charge in [-0.1, -0.05) is 29.8 Å². The van der Waals surface area contributed by atoms with Gasteiger partial charge < -0.3 is 10.6 Å². The van der Waals surface area contributed by atoms with Crippen LogP contribution in [0.1, 0.15) is 34.3 Å². The zero-order valence-corrected chi connectivity index (χ0v) is 12.0. The molecule has 0 bridgehead atoms. The van der Waals surface area contributed by atoms with Crippen molar-refractivity contribution in [3.05, 3.63) is 53.3 Å². The Morgan fingerprint density at radius 1 is 1.29 bits per heavy atom. The lowest BCUT2D eigenvalue weighted by Gasteiger charge is -2.07. The molecule has 5 heteroatoms. The third-order valence-corrected chi connectivity index (χ3v) is 3.36. The van der Waals surface area contributed by atoms with E-state index in [-0.39, 0.29) is 5.91 Å². The van der Waals surface area contributed by atoms with Crippen molar-refractivity contribution < 1.29 is 4.79 Å². The van der Waals surface area contributed by atoms with Crippen LogP contribution in [0.25, 0.3) is 0 Å². The Hall–Kier alpha value is -2.43. The van der Waals surface area contributed by atoms with Crippen molar-refractivity contribution in [3.63, 3.8) is 0 Å². The van der Waals surface area contributed by atoms with E-state index >= 15 is 0 Å². The van der Waals surface area contributed by atoms with Crippen LogP contribution >= 0.6 is 0 Å². The molecule has 2 aromatic rings. The van der Waals surface area contributed by atoms with Gasteiger partial charge in [0.1, 0.15) is 0 Å². The Morgan fingerprint density at radius 3 is 2.71 bits per heavy atom. The van der Waals surface area contributed by atoms with E-state index in [1.54, 1.807) is 12.4 Å². The van der Waals surface area contributed by atoms with E-state index in [0.29, 0.717) is 24.1 Å². The first-order chi connectivity index (χ1) is 10.2. The normalized spacial score (nSPS) is 13.8. The molecule has 3 rings (SSSR count). The quantitative estimate of drug-likeness (QED) is 0.883. The summed E-state index contributed by atoms with van der Waals surface area (Å²) in [5.41, 5.74) is 2.74. The second-order valence-electron chi connectivity index (χ2n) is 5.39. The molecule has 1 aromatic heterocycles. The van der Waals surface area contributed by atoms with E-state index in [1.807, 2.05) is 25.1 Å². The Balaban J connectivity index is 1.57. The first-order valence-electron chi connectivity index (χ1n) is 7.13. The van der Waals surface area contributed by atoms with Gasteiger partial charge in [0.05, 0.1) is 5.56 Å². The summed E-state index contributed by atoms with van der Waals surface area (Å²) in [4.78, 5) is 20.4. The lowest BCUT2D eigenvalue weighted by Crippen LogP contribution is -2.23. The molecule has 1 saturated carbocycles. The molecule has 0 aliphatic heterocycles. The van der Waals surface area contributed by atoms with E-state index in [1.165, 1.54) is 18.4 Å². The van der Waals surface area contributed by atoms with E-state index in [0.717, 1.165) is 5.56 Å². The smallest absolute Gasteiger partial charge is 0.254 e. The standard InChI is InChI=1S/C16H18N4O/c1-11-3-2-4-12(7-11)8-17-15(21)13-9-18-16(19-10-13)20-14-5-6-14/h2-4,7,9-10,14H,5-6,8H2,1H3,(H,17,21)(H,18,19,20). The Morgan fingerprint density at radius 2 is 2.05 bits per heavy atom. The first kappa shape index (κ1) is 13.5. The Labute approximate surface area is 123 Å². The van der Waals surface area contributed by atoms with Crippen molar-refractivity contribution in [3.8, 4) is 0 Å². The molecule has 21 heavy (non-hydrogen) atoms. The summed E-state index contributed by atoms with van der Waals surface area (Å²) in [6.07, 6.45) is 5.46. The second kappa shape index (κ2) is 5.91. The number of aromatic nitrogens is 2. The number of aryl methyl sites for hydroxylation is 1. The summed E-state index contributed by atoms with van der Waals surface area (Å²) < 4.78 is 0. The van der Waals surface area contributed by atoms with Crippen LogP contribution in [0.2, 0.25) is 0 Å². The van der Waals surface area contributed by atoms with Crippen LogP contribution < -0.4 is 10.6 Å². The average molecular weight is 282 g/mol. The molecule has 5 nitrogen and oxygen atoms in total. The molecule has 0 spiro atoms. The Kier molecular flexibility index (Phi) is 3.81. The van der Waals surface area contributed by atoms with Crippen molar-refractivity contribution >= 4 is 11.9 Å². The number of nitrogens with zero attached hydrogens (tertiary/aromatic N) is 2. The van der Waals surface area contributed by atoms with Crippen molar-refractivity contribution in [2.24, 2.45) is 0 Å². The summed E-state index contributed by atoms with van der Waals surface area (Å²) in [5.74, 6) is 0.433. The van der Waals surface area contributed by atoms with Crippen LogP contribution in [0.3, 0.4) is 0 Å². The highest BCUT2D eigenvalue weighted by atomic mass is 16.1. The number of hydrogen-bond donors (Lipinski definition) is 2. The molecule has 1 aromatic carbocycles. The highest BCUT2D eigenvalue weighted by molar-refractivity contribution is 5.93. The van der Waals surface area contributed by atoms with Crippen molar-refractivity contribution in [1.29, 1.82) is 0 Å².